The second-order valence-electron chi connectivity index (χ2n) is 8.72. The number of primary amides is 1. The van der Waals surface area contributed by atoms with Crippen LogP contribution in [-0.4, -0.2) is 93.2 Å². The van der Waals surface area contributed by atoms with Crippen molar-refractivity contribution >= 4 is 34.8 Å². The summed E-state index contributed by atoms with van der Waals surface area (Å²) in [6.45, 7) is 9.01. The molecule has 0 aliphatic carbocycles. The second-order valence-corrected chi connectivity index (χ2v) is 8.72. The van der Waals surface area contributed by atoms with E-state index in [2.05, 4.69) is 25.3 Å². The average Bonchev–Trinajstić information content (AvgIpc) is 3.49. The zero-order valence-electron chi connectivity index (χ0n) is 21.9. The molecule has 13 nitrogen and oxygen atoms in total. The quantitative estimate of drug-likeness (QED) is 0.281. The third-order valence-corrected chi connectivity index (χ3v) is 5.72. The summed E-state index contributed by atoms with van der Waals surface area (Å²) in [6, 6.07) is 4.90. The van der Waals surface area contributed by atoms with Gasteiger partial charge in [-0.1, -0.05) is 0 Å². The summed E-state index contributed by atoms with van der Waals surface area (Å²) in [5.74, 6) is -2.98. The number of aromatic nitrogens is 4. The number of ether oxygens (including phenoxy) is 2. The molecule has 1 saturated heterocycles. The molecule has 2 amide bonds. The lowest BCUT2D eigenvalue weighted by atomic mass is 10.1. The number of rotatable bonds is 9. The number of alkyl halides is 3. The van der Waals surface area contributed by atoms with Crippen molar-refractivity contribution in [3.63, 3.8) is 0 Å². The number of aliphatic carboxylic acids is 1. The molecule has 16 heteroatoms. The van der Waals surface area contributed by atoms with Crippen LogP contribution in [0.2, 0.25) is 0 Å². The monoisotopic (exact) mass is 569 g/mol. The number of hydrogen-bond acceptors (Lipinski definition) is 8. The SMILES string of the molecule is CCn1nc(C)cc1C(=O)Nc1nc2c(OCCCN3CCOCC3)cc(C(N)=O)cc2[nH]1.O=C(O)C(F)(F)F. The van der Waals surface area contributed by atoms with Crippen molar-refractivity contribution in [3.8, 4) is 5.75 Å². The smallest absolute Gasteiger partial charge is 0.490 e. The average molecular weight is 570 g/mol. The minimum absolute atomic E-state index is 0.247. The molecule has 0 radical (unpaired) electrons. The molecule has 2 aromatic heterocycles. The van der Waals surface area contributed by atoms with E-state index in [1.807, 2.05) is 13.8 Å². The van der Waals surface area contributed by atoms with Crippen molar-refractivity contribution in [3.05, 3.63) is 35.2 Å². The zero-order chi connectivity index (χ0) is 29.4. The Bertz CT molecular complexity index is 1350. The third kappa shape index (κ3) is 8.16. The summed E-state index contributed by atoms with van der Waals surface area (Å²) >= 11 is 0. The number of H-pyrrole nitrogens is 1. The van der Waals surface area contributed by atoms with Gasteiger partial charge < -0.3 is 25.3 Å². The number of halogens is 3. The van der Waals surface area contributed by atoms with Gasteiger partial charge in [-0.2, -0.15) is 18.3 Å². The number of aryl methyl sites for hydroxylation is 2. The molecule has 3 heterocycles. The van der Waals surface area contributed by atoms with E-state index in [9.17, 15) is 22.8 Å². The molecule has 218 valence electrons. The summed E-state index contributed by atoms with van der Waals surface area (Å²) in [7, 11) is 0. The number of nitrogens with two attached hydrogens (primary N) is 1. The highest BCUT2D eigenvalue weighted by atomic mass is 19.4. The van der Waals surface area contributed by atoms with Gasteiger partial charge in [0, 0.05) is 31.7 Å². The first-order chi connectivity index (χ1) is 18.9. The Morgan fingerprint density at radius 2 is 1.90 bits per heavy atom. The normalized spacial score (nSPS) is 13.9. The fraction of sp³-hybridized carbons (Fsp3) is 0.458. The van der Waals surface area contributed by atoms with Gasteiger partial charge in [0.1, 0.15) is 17.0 Å². The molecule has 0 unspecified atom stereocenters. The van der Waals surface area contributed by atoms with E-state index >= 15 is 0 Å². The van der Waals surface area contributed by atoms with E-state index in [1.54, 1.807) is 22.9 Å². The Kier molecular flexibility index (Phi) is 10.1. The van der Waals surface area contributed by atoms with E-state index < -0.39 is 18.1 Å². The maximum atomic E-state index is 12.8. The topological polar surface area (TPSA) is 178 Å². The van der Waals surface area contributed by atoms with Crippen LogP contribution in [0.4, 0.5) is 19.1 Å². The highest BCUT2D eigenvalue weighted by molar-refractivity contribution is 6.03. The number of nitrogens with one attached hydrogen (secondary N) is 2. The molecular weight excluding hydrogens is 539 g/mol. The number of aromatic amines is 1. The molecule has 1 aliphatic heterocycles. The fourth-order valence-electron chi connectivity index (χ4n) is 3.83. The molecule has 1 aliphatic rings. The first-order valence-electron chi connectivity index (χ1n) is 12.3. The predicted octanol–water partition coefficient (Wildman–Crippen LogP) is 2.17. The van der Waals surface area contributed by atoms with Gasteiger partial charge in [0.2, 0.25) is 11.9 Å². The van der Waals surface area contributed by atoms with E-state index in [-0.39, 0.29) is 11.9 Å². The zero-order valence-corrected chi connectivity index (χ0v) is 21.9. The minimum Gasteiger partial charge on any atom is -0.491 e. The number of hydrogen-bond donors (Lipinski definition) is 4. The highest BCUT2D eigenvalue weighted by Gasteiger charge is 2.38. The van der Waals surface area contributed by atoms with Crippen molar-refractivity contribution in [1.82, 2.24) is 24.6 Å². The number of imidazole rings is 1. The van der Waals surface area contributed by atoms with Crippen LogP contribution in [0.3, 0.4) is 0 Å². The largest absolute Gasteiger partial charge is 0.491 e. The van der Waals surface area contributed by atoms with Crippen LogP contribution in [0.15, 0.2) is 18.2 Å². The molecule has 1 aromatic carbocycles. The van der Waals surface area contributed by atoms with Crippen molar-refractivity contribution in [2.24, 2.45) is 5.73 Å². The van der Waals surface area contributed by atoms with Crippen molar-refractivity contribution in [2.75, 3.05) is 44.8 Å². The summed E-state index contributed by atoms with van der Waals surface area (Å²) in [5, 5.41) is 14.2. The lowest BCUT2D eigenvalue weighted by molar-refractivity contribution is -0.192. The number of carboxylic acids is 1. The van der Waals surface area contributed by atoms with Crippen LogP contribution in [0.1, 0.15) is 39.9 Å². The third-order valence-electron chi connectivity index (χ3n) is 5.72. The molecule has 0 atom stereocenters. The van der Waals surface area contributed by atoms with E-state index in [0.29, 0.717) is 41.2 Å². The molecule has 0 saturated carbocycles. The van der Waals surface area contributed by atoms with Crippen LogP contribution in [0.5, 0.6) is 5.75 Å². The van der Waals surface area contributed by atoms with Gasteiger partial charge in [-0.3, -0.25) is 24.5 Å². The molecule has 5 N–H and O–H groups in total. The van der Waals surface area contributed by atoms with Crippen LogP contribution in [-0.2, 0) is 16.1 Å². The first-order valence-corrected chi connectivity index (χ1v) is 12.3. The predicted molar refractivity (Wildman–Crippen MR) is 136 cm³/mol. The first kappa shape index (κ1) is 30.4. The molecule has 0 spiro atoms. The van der Waals surface area contributed by atoms with Gasteiger partial charge in [0.05, 0.1) is 31.0 Å². The summed E-state index contributed by atoms with van der Waals surface area (Å²) in [5.41, 5.74) is 8.05. The Hall–Kier alpha value is -4.18. The molecule has 4 rings (SSSR count). The van der Waals surface area contributed by atoms with E-state index in [4.69, 9.17) is 25.1 Å². The number of anilines is 1. The highest BCUT2D eigenvalue weighted by Crippen LogP contribution is 2.28. The van der Waals surface area contributed by atoms with Crippen molar-refractivity contribution in [2.45, 2.75) is 33.0 Å². The number of carboxylic acid groups (broad SMARTS) is 1. The lowest BCUT2D eigenvalue weighted by Gasteiger charge is -2.26. The minimum atomic E-state index is -5.08. The molecule has 40 heavy (non-hydrogen) atoms. The van der Waals surface area contributed by atoms with Gasteiger partial charge in [0.15, 0.2) is 0 Å². The van der Waals surface area contributed by atoms with Gasteiger partial charge in [-0.15, -0.1) is 0 Å². The van der Waals surface area contributed by atoms with Gasteiger partial charge >= 0.3 is 12.1 Å². The van der Waals surface area contributed by atoms with Crippen LogP contribution >= 0.6 is 0 Å². The maximum Gasteiger partial charge on any atom is 0.490 e. The van der Waals surface area contributed by atoms with Crippen molar-refractivity contribution in [1.29, 1.82) is 0 Å². The number of nitrogens with zero attached hydrogens (tertiary/aromatic N) is 4. The number of fused-ring (bicyclic) bond motifs is 1. The van der Waals surface area contributed by atoms with Crippen LogP contribution < -0.4 is 15.8 Å². The van der Waals surface area contributed by atoms with E-state index in [0.717, 1.165) is 45.0 Å². The lowest BCUT2D eigenvalue weighted by Crippen LogP contribution is -2.37. The standard InChI is InChI=1S/C22H29N7O4.C2HF3O2/c1-3-29-17(11-14(2)27-29)21(31)26-22-24-16-12-15(20(23)30)13-18(19(16)25-22)33-8-4-5-28-6-9-32-10-7-28;3-2(4,5)1(6)7/h11-13H,3-10H2,1-2H3,(H2,23,30)(H2,24,25,26,31);(H,6,7). The van der Waals surface area contributed by atoms with Crippen molar-refractivity contribution < 1.29 is 42.1 Å². The molecule has 3 aromatic rings. The number of carbonyl (C=O) groups excluding carboxylic acids is 2. The Balaban J connectivity index is 0.000000559. The molecular formula is C24H30F3N7O6. The second kappa shape index (κ2) is 13.3. The molecule has 1 fully saturated rings. The Labute approximate surface area is 226 Å². The van der Waals surface area contributed by atoms with Crippen LogP contribution in [0.25, 0.3) is 11.0 Å². The van der Waals surface area contributed by atoms with Crippen LogP contribution in [0, 0.1) is 6.92 Å². The van der Waals surface area contributed by atoms with Gasteiger partial charge in [0.25, 0.3) is 5.91 Å². The number of amides is 2. The Morgan fingerprint density at radius 3 is 2.50 bits per heavy atom. The number of morpholine rings is 1. The molecule has 0 bridgehead atoms. The summed E-state index contributed by atoms with van der Waals surface area (Å²) < 4.78 is 44.7. The fourth-order valence-corrected chi connectivity index (χ4v) is 3.83. The van der Waals surface area contributed by atoms with Gasteiger partial charge in [-0.05, 0) is 38.5 Å². The maximum absolute atomic E-state index is 12.8. The number of benzene rings is 1. The summed E-state index contributed by atoms with van der Waals surface area (Å²) in [4.78, 5) is 43.3. The van der Waals surface area contributed by atoms with Gasteiger partial charge in [-0.25, -0.2) is 9.78 Å². The number of carbonyl (C=O) groups is 3. The summed E-state index contributed by atoms with van der Waals surface area (Å²) in [6.07, 6.45) is -4.27. The van der Waals surface area contributed by atoms with E-state index in [1.165, 1.54) is 0 Å². The Morgan fingerprint density at radius 1 is 1.23 bits per heavy atom.